The van der Waals surface area contributed by atoms with Crippen molar-refractivity contribution in [3.05, 3.63) is 28.2 Å². The van der Waals surface area contributed by atoms with Crippen molar-refractivity contribution in [1.29, 1.82) is 0 Å². The Hall–Kier alpha value is -0.580. The maximum atomic E-state index is 5.42. The van der Waals surface area contributed by atoms with Crippen molar-refractivity contribution in [2.45, 2.75) is 39.0 Å². The summed E-state index contributed by atoms with van der Waals surface area (Å²) in [4.78, 5) is 2.39. The van der Waals surface area contributed by atoms with Gasteiger partial charge in [-0.3, -0.25) is 0 Å². The van der Waals surface area contributed by atoms with Crippen LogP contribution in [-0.4, -0.2) is 32.3 Å². The van der Waals surface area contributed by atoms with Gasteiger partial charge in [-0.25, -0.2) is 0 Å². The number of nitrogens with zero attached hydrogens (tertiary/aromatic N) is 1. The minimum atomic E-state index is 0.370. The predicted octanol–water partition coefficient (Wildman–Crippen LogP) is 3.17. The summed E-state index contributed by atoms with van der Waals surface area (Å²) in [5, 5.41) is 3.44. The molecule has 0 amide bonds. The highest BCUT2D eigenvalue weighted by atomic mass is 79.9. The third-order valence-electron chi connectivity index (χ3n) is 3.55. The number of ether oxygens (including phenoxy) is 1. The van der Waals surface area contributed by atoms with E-state index in [4.69, 9.17) is 4.74 Å². The maximum Gasteiger partial charge on any atom is 0.0762 e. The number of halogens is 1. The molecule has 19 heavy (non-hydrogen) atoms. The highest BCUT2D eigenvalue weighted by Gasteiger charge is 2.23. The van der Waals surface area contributed by atoms with Gasteiger partial charge in [0.2, 0.25) is 0 Å². The number of anilines is 1. The molecule has 106 valence electrons. The minimum Gasteiger partial charge on any atom is -0.380 e. The van der Waals surface area contributed by atoms with Crippen molar-refractivity contribution < 1.29 is 4.74 Å². The largest absolute Gasteiger partial charge is 0.380 e. The van der Waals surface area contributed by atoms with E-state index in [1.165, 1.54) is 15.7 Å². The van der Waals surface area contributed by atoms with Crippen molar-refractivity contribution in [2.24, 2.45) is 0 Å². The molecule has 1 fully saturated rings. The van der Waals surface area contributed by atoms with Crippen LogP contribution >= 0.6 is 15.9 Å². The van der Waals surface area contributed by atoms with Crippen molar-refractivity contribution in [2.75, 3.05) is 25.1 Å². The molecule has 0 saturated carbocycles. The quantitative estimate of drug-likeness (QED) is 0.899. The first-order valence-corrected chi connectivity index (χ1v) is 7.69. The van der Waals surface area contributed by atoms with Crippen molar-refractivity contribution in [3.63, 3.8) is 0 Å². The molecule has 0 radical (unpaired) electrons. The average molecular weight is 327 g/mol. The molecule has 2 rings (SSSR count). The van der Waals surface area contributed by atoms with Gasteiger partial charge in [-0.15, -0.1) is 0 Å². The molecule has 1 atom stereocenters. The van der Waals surface area contributed by atoms with Gasteiger partial charge in [0.25, 0.3) is 0 Å². The van der Waals surface area contributed by atoms with Crippen LogP contribution in [0.25, 0.3) is 0 Å². The van der Waals surface area contributed by atoms with E-state index in [0.717, 1.165) is 26.1 Å². The second kappa shape index (κ2) is 6.73. The summed E-state index contributed by atoms with van der Waals surface area (Å²) in [6.45, 7) is 7.30. The molecule has 0 aliphatic carbocycles. The van der Waals surface area contributed by atoms with Crippen molar-refractivity contribution in [1.82, 2.24) is 5.32 Å². The SMILES string of the molecule is COC1CCN(c2ccc(CNC(C)C)cc2Br)C1. The van der Waals surface area contributed by atoms with E-state index in [1.54, 1.807) is 7.11 Å². The second-order valence-electron chi connectivity index (χ2n) is 5.41. The van der Waals surface area contributed by atoms with E-state index in [0.29, 0.717) is 12.1 Å². The van der Waals surface area contributed by atoms with Gasteiger partial charge in [0, 0.05) is 37.3 Å². The Morgan fingerprint density at radius 2 is 2.26 bits per heavy atom. The molecule has 1 aromatic rings. The van der Waals surface area contributed by atoms with Crippen LogP contribution in [0, 0.1) is 0 Å². The Morgan fingerprint density at radius 3 is 2.84 bits per heavy atom. The van der Waals surface area contributed by atoms with Crippen LogP contribution in [0.2, 0.25) is 0 Å². The summed E-state index contributed by atoms with van der Waals surface area (Å²) < 4.78 is 6.60. The first-order chi connectivity index (χ1) is 9.10. The van der Waals surface area contributed by atoms with Gasteiger partial charge in [-0.1, -0.05) is 19.9 Å². The molecule has 4 heteroatoms. The summed E-state index contributed by atoms with van der Waals surface area (Å²) in [5.41, 5.74) is 2.58. The maximum absolute atomic E-state index is 5.42. The molecular weight excluding hydrogens is 304 g/mol. The van der Waals surface area contributed by atoms with Crippen LogP contribution in [0.5, 0.6) is 0 Å². The lowest BCUT2D eigenvalue weighted by atomic mass is 10.2. The van der Waals surface area contributed by atoms with E-state index < -0.39 is 0 Å². The Kier molecular flexibility index (Phi) is 5.25. The standard InChI is InChI=1S/C15H23BrN2O/c1-11(2)17-9-12-4-5-15(14(16)8-12)18-7-6-13(10-18)19-3/h4-5,8,11,13,17H,6-7,9-10H2,1-3H3. The van der Waals surface area contributed by atoms with Gasteiger partial charge in [-0.2, -0.15) is 0 Å². The predicted molar refractivity (Wildman–Crippen MR) is 83.7 cm³/mol. The number of hydrogen-bond donors (Lipinski definition) is 1. The molecule has 1 heterocycles. The lowest BCUT2D eigenvalue weighted by molar-refractivity contribution is 0.121. The number of benzene rings is 1. The number of rotatable bonds is 5. The van der Waals surface area contributed by atoms with Crippen LogP contribution in [0.15, 0.2) is 22.7 Å². The monoisotopic (exact) mass is 326 g/mol. The highest BCUT2D eigenvalue weighted by molar-refractivity contribution is 9.10. The normalized spacial score (nSPS) is 19.4. The van der Waals surface area contributed by atoms with E-state index in [2.05, 4.69) is 58.2 Å². The fourth-order valence-corrected chi connectivity index (χ4v) is 3.06. The highest BCUT2D eigenvalue weighted by Crippen LogP contribution is 2.30. The first kappa shape index (κ1) is 14.8. The average Bonchev–Trinajstić information content (AvgIpc) is 2.85. The molecule has 1 N–H and O–H groups in total. The van der Waals surface area contributed by atoms with Gasteiger partial charge in [-0.05, 0) is 40.0 Å². The van der Waals surface area contributed by atoms with E-state index >= 15 is 0 Å². The second-order valence-corrected chi connectivity index (χ2v) is 6.27. The van der Waals surface area contributed by atoms with E-state index in [9.17, 15) is 0 Å². The van der Waals surface area contributed by atoms with Gasteiger partial charge >= 0.3 is 0 Å². The Labute approximate surface area is 124 Å². The zero-order valence-electron chi connectivity index (χ0n) is 11.9. The van der Waals surface area contributed by atoms with Crippen molar-refractivity contribution >= 4 is 21.6 Å². The summed E-state index contributed by atoms with van der Waals surface area (Å²) >= 11 is 3.70. The third kappa shape index (κ3) is 3.94. The Morgan fingerprint density at radius 1 is 1.47 bits per heavy atom. The number of hydrogen-bond acceptors (Lipinski definition) is 3. The Balaban J connectivity index is 2.03. The topological polar surface area (TPSA) is 24.5 Å². The van der Waals surface area contributed by atoms with Crippen LogP contribution in [0.1, 0.15) is 25.8 Å². The lowest BCUT2D eigenvalue weighted by Gasteiger charge is -2.20. The van der Waals surface area contributed by atoms with Crippen LogP contribution < -0.4 is 10.2 Å². The van der Waals surface area contributed by atoms with Crippen LogP contribution in [0.4, 0.5) is 5.69 Å². The molecule has 1 aromatic carbocycles. The fraction of sp³-hybridized carbons (Fsp3) is 0.600. The molecular formula is C15H23BrN2O. The molecule has 0 bridgehead atoms. The van der Waals surface area contributed by atoms with Gasteiger partial charge in [0.05, 0.1) is 11.8 Å². The zero-order chi connectivity index (χ0) is 13.8. The van der Waals surface area contributed by atoms with Gasteiger partial charge in [0.15, 0.2) is 0 Å². The third-order valence-corrected chi connectivity index (χ3v) is 4.18. The molecule has 1 saturated heterocycles. The van der Waals surface area contributed by atoms with E-state index in [-0.39, 0.29) is 0 Å². The molecule has 0 aromatic heterocycles. The molecule has 1 aliphatic heterocycles. The molecule has 1 unspecified atom stereocenters. The molecule has 3 nitrogen and oxygen atoms in total. The molecule has 0 spiro atoms. The summed E-state index contributed by atoms with van der Waals surface area (Å²) in [6.07, 6.45) is 1.48. The lowest BCUT2D eigenvalue weighted by Crippen LogP contribution is -2.23. The molecule has 1 aliphatic rings. The first-order valence-electron chi connectivity index (χ1n) is 6.89. The zero-order valence-corrected chi connectivity index (χ0v) is 13.5. The fourth-order valence-electron chi connectivity index (χ4n) is 2.38. The van der Waals surface area contributed by atoms with Gasteiger partial charge in [0.1, 0.15) is 0 Å². The summed E-state index contributed by atoms with van der Waals surface area (Å²) in [7, 11) is 1.80. The summed E-state index contributed by atoms with van der Waals surface area (Å²) in [6, 6.07) is 7.14. The van der Waals surface area contributed by atoms with Crippen molar-refractivity contribution in [3.8, 4) is 0 Å². The Bertz CT molecular complexity index is 423. The van der Waals surface area contributed by atoms with E-state index in [1.807, 2.05) is 0 Å². The smallest absolute Gasteiger partial charge is 0.0762 e. The van der Waals surface area contributed by atoms with Crippen LogP contribution in [-0.2, 0) is 11.3 Å². The van der Waals surface area contributed by atoms with Crippen LogP contribution in [0.3, 0.4) is 0 Å². The summed E-state index contributed by atoms with van der Waals surface area (Å²) in [5.74, 6) is 0. The van der Waals surface area contributed by atoms with Gasteiger partial charge < -0.3 is 15.0 Å². The number of nitrogens with one attached hydrogen (secondary N) is 1. The number of methoxy groups -OCH3 is 1. The minimum absolute atomic E-state index is 0.370.